The van der Waals surface area contributed by atoms with Crippen LogP contribution in [0.5, 0.6) is 34.5 Å². The van der Waals surface area contributed by atoms with Gasteiger partial charge in [0.1, 0.15) is 11.1 Å². The average molecular weight is 1660 g/mol. The Morgan fingerprint density at radius 1 is 0.353 bits per heavy atom. The van der Waals surface area contributed by atoms with Gasteiger partial charge in [-0.1, -0.05) is 18.2 Å². The number of rotatable bonds is 41. The second-order valence-electron chi connectivity index (χ2n) is 28.0. The number of benzene rings is 4. The van der Waals surface area contributed by atoms with E-state index in [2.05, 4.69) is 47.4 Å². The molecule has 3 aliphatic rings. The third kappa shape index (κ3) is 30.9. The summed E-state index contributed by atoms with van der Waals surface area (Å²) < 4.78 is 54.2. The fraction of sp³-hybridized carbons (Fsp3) is 0.494. The molecule has 1 saturated heterocycles. The van der Waals surface area contributed by atoms with Crippen LogP contribution >= 0.6 is 0 Å². The van der Waals surface area contributed by atoms with Crippen molar-refractivity contribution in [2.75, 3.05) is 189 Å². The third-order valence-corrected chi connectivity index (χ3v) is 18.5. The maximum Gasteiger partial charge on any atom is 0.349 e. The van der Waals surface area contributed by atoms with Gasteiger partial charge in [-0.05, 0) is 92.6 Å². The predicted molar refractivity (Wildman–Crippen MR) is 427 cm³/mol. The van der Waals surface area contributed by atoms with Gasteiger partial charge in [0.2, 0.25) is 23.6 Å². The van der Waals surface area contributed by atoms with Crippen LogP contribution in [0.3, 0.4) is 0 Å². The van der Waals surface area contributed by atoms with Gasteiger partial charge < -0.3 is 94.5 Å². The number of anilines is 1. The van der Waals surface area contributed by atoms with Crippen molar-refractivity contribution in [1.82, 2.24) is 62.1 Å². The summed E-state index contributed by atoms with van der Waals surface area (Å²) in [5.74, 6) is -10.2. The van der Waals surface area contributed by atoms with E-state index in [9.17, 15) is 71.9 Å². The molecule has 38 heteroatoms. The maximum atomic E-state index is 13.9. The van der Waals surface area contributed by atoms with Crippen molar-refractivity contribution in [2.45, 2.75) is 80.1 Å². The molecule has 644 valence electrons. The second-order valence-corrected chi connectivity index (χ2v) is 28.0. The minimum atomic E-state index is -0.783. The molecule has 0 atom stereocenters. The third-order valence-electron chi connectivity index (χ3n) is 18.5. The van der Waals surface area contributed by atoms with Gasteiger partial charge in [-0.2, -0.15) is 0 Å². The van der Waals surface area contributed by atoms with Crippen LogP contribution in [0.4, 0.5) is 5.69 Å². The van der Waals surface area contributed by atoms with Crippen molar-refractivity contribution in [3.05, 3.63) is 111 Å². The van der Waals surface area contributed by atoms with E-state index in [4.69, 9.17) is 47.0 Å². The van der Waals surface area contributed by atoms with Crippen LogP contribution in [-0.4, -0.2) is 286 Å². The molecule has 8 amide bonds. The molecule has 0 spiro atoms. The van der Waals surface area contributed by atoms with E-state index in [0.717, 1.165) is 91.3 Å². The van der Waals surface area contributed by atoms with E-state index >= 15 is 0 Å². The molecular weight excluding hydrogens is 1550 g/mol. The topological polar surface area (TPSA) is 465 Å². The lowest BCUT2D eigenvalue weighted by Gasteiger charge is -2.37. The standard InChI is InChI=1S/C81H105N13O25/c1-52(95)113-65-19-7-15-61(74(65)116-55(4)98)77(105)87-27-24-83-69(102)49-91-34-32-90(48-68(101)82-22-12-40-110-42-44-112-45-43-111-41-13-23-86-80(108)64-47-59-46-58-14-10-30-94-31-11-18-60(72(58)94)73(59)119-81(64)109)33-35-92(50-70(103)84-25-28-88-78(106)62-16-8-20-66(114-53(2)96)75(62)117-56(5)99)37-39-93(38-36-91)51-71(104)85-26-29-89-79(107)63-17-9-21-67(115-54(3)97)76(63)118-57(6)100/h7-9,15-17,19-21,46-47H,10-14,18,22-45,48-51H2,1-6H3,(H,82,101)(H,83,102)(H,84,103)(H,85,104)(H,86,108)(H,87,105)(H,88,106)(H,89,107). The van der Waals surface area contributed by atoms with Crippen molar-refractivity contribution < 1.29 is 114 Å². The highest BCUT2D eigenvalue weighted by atomic mass is 16.6. The summed E-state index contributed by atoms with van der Waals surface area (Å²) in [6.45, 7) is 11.3. The molecular formula is C81H105N13O25. The number of para-hydroxylation sites is 3. The van der Waals surface area contributed by atoms with Crippen LogP contribution in [0.1, 0.15) is 120 Å². The minimum absolute atomic E-state index is 0.0368. The fourth-order valence-corrected chi connectivity index (χ4v) is 13.2. The fourth-order valence-electron chi connectivity index (χ4n) is 13.2. The lowest BCUT2D eigenvalue weighted by molar-refractivity contribution is -0.134. The molecule has 0 bridgehead atoms. The van der Waals surface area contributed by atoms with Gasteiger partial charge in [0.15, 0.2) is 34.5 Å². The quantitative estimate of drug-likeness (QED) is 0.0115. The molecule has 38 nitrogen and oxygen atoms in total. The summed E-state index contributed by atoms with van der Waals surface area (Å²) in [4.78, 5) is 203. The van der Waals surface area contributed by atoms with Crippen LogP contribution in [0.15, 0.2) is 75.9 Å². The average Bonchev–Trinajstić information content (AvgIpc) is 0.744. The number of carbonyl (C=O) groups is 14. The summed E-state index contributed by atoms with van der Waals surface area (Å²) in [7, 11) is 0. The Bertz CT molecular complexity index is 4380. The van der Waals surface area contributed by atoms with Crippen molar-refractivity contribution in [2.24, 2.45) is 0 Å². The van der Waals surface area contributed by atoms with Gasteiger partial charge in [0.25, 0.3) is 23.6 Å². The number of fused-ring (bicyclic) bond motifs is 2. The van der Waals surface area contributed by atoms with Crippen LogP contribution in [0.2, 0.25) is 0 Å². The molecule has 4 heterocycles. The predicted octanol–water partition coefficient (Wildman–Crippen LogP) is 0.580. The number of aryl methyl sites for hydroxylation is 2. The number of hydrogen-bond acceptors (Lipinski definition) is 30. The van der Waals surface area contributed by atoms with E-state index in [1.165, 1.54) is 65.8 Å². The van der Waals surface area contributed by atoms with Crippen LogP contribution < -0.4 is 81.5 Å². The molecule has 1 aromatic heterocycles. The lowest BCUT2D eigenvalue weighted by atomic mass is 9.90. The SMILES string of the molecule is CC(=O)Oc1cccc(C(=O)NCCNC(=O)CN2CCN(CC(=O)NCCCOCCOCCOCCCNC(=O)c3cc4cc5c6c(c4oc3=O)CCCN6CCC5)CCN(CC(=O)NCCNC(=O)c3cccc(OC(C)=O)c3OC(C)=O)CCN(CC(=O)NCCNC(=O)c3cccc(OC(C)=O)c3OC(C)=O)CC2)c1OC(C)=O. The zero-order chi connectivity index (χ0) is 85.8. The number of nitrogens with zero attached hydrogens (tertiary/aromatic N) is 5. The Kier molecular flexibility index (Phi) is 37.5. The highest BCUT2D eigenvalue weighted by Crippen LogP contribution is 2.40. The highest BCUT2D eigenvalue weighted by molar-refractivity contribution is 6.01. The van der Waals surface area contributed by atoms with Gasteiger partial charge in [0.05, 0.1) is 69.3 Å². The molecule has 8 rings (SSSR count). The molecule has 4 aromatic carbocycles. The first-order chi connectivity index (χ1) is 57.2. The van der Waals surface area contributed by atoms with Crippen molar-refractivity contribution >= 4 is 99.7 Å². The van der Waals surface area contributed by atoms with E-state index < -0.39 is 82.8 Å². The maximum absolute atomic E-state index is 13.9. The highest BCUT2D eigenvalue weighted by Gasteiger charge is 2.30. The second kappa shape index (κ2) is 48.2. The molecule has 0 radical (unpaired) electrons. The summed E-state index contributed by atoms with van der Waals surface area (Å²) in [5.41, 5.74) is 2.95. The number of hydrogen-bond donors (Lipinski definition) is 8. The number of carbonyl (C=O) groups excluding carboxylic acids is 14. The Hall–Kier alpha value is -11.8. The monoisotopic (exact) mass is 1660 g/mol. The van der Waals surface area contributed by atoms with E-state index in [0.29, 0.717) is 44.9 Å². The van der Waals surface area contributed by atoms with Gasteiger partial charge in [-0.3, -0.25) is 86.7 Å². The zero-order valence-electron chi connectivity index (χ0n) is 67.8. The molecule has 0 aliphatic carbocycles. The largest absolute Gasteiger partial charge is 0.423 e. The van der Waals surface area contributed by atoms with Gasteiger partial charge in [0, 0.05) is 189 Å². The van der Waals surface area contributed by atoms with Crippen LogP contribution in [-0.2, 0) is 75.0 Å². The Morgan fingerprint density at radius 3 is 1.03 bits per heavy atom. The van der Waals surface area contributed by atoms with E-state index in [1.807, 2.05) is 20.8 Å². The first-order valence-electron chi connectivity index (χ1n) is 39.4. The number of amides is 8. The van der Waals surface area contributed by atoms with Crippen LogP contribution in [0.25, 0.3) is 11.0 Å². The Labute approximate surface area is 686 Å². The first kappa shape index (κ1) is 92.7. The lowest BCUT2D eigenvalue weighted by Crippen LogP contribution is -2.52. The number of ether oxygens (including phenoxy) is 9. The van der Waals surface area contributed by atoms with Gasteiger partial charge in [-0.15, -0.1) is 0 Å². The van der Waals surface area contributed by atoms with Crippen molar-refractivity contribution in [3.63, 3.8) is 0 Å². The molecule has 0 saturated carbocycles. The van der Waals surface area contributed by atoms with Crippen LogP contribution in [0, 0.1) is 0 Å². The first-order valence-corrected chi connectivity index (χ1v) is 39.4. The van der Waals surface area contributed by atoms with E-state index in [-0.39, 0.29) is 207 Å². The summed E-state index contributed by atoms with van der Waals surface area (Å²) >= 11 is 0. The Balaban J connectivity index is 0.851. The van der Waals surface area contributed by atoms with Crippen molar-refractivity contribution in [3.8, 4) is 34.5 Å². The van der Waals surface area contributed by atoms with Gasteiger partial charge >= 0.3 is 41.4 Å². The minimum Gasteiger partial charge on any atom is -0.423 e. The summed E-state index contributed by atoms with van der Waals surface area (Å²) in [6.07, 6.45) is 4.74. The van der Waals surface area contributed by atoms with Gasteiger partial charge in [-0.25, -0.2) is 4.79 Å². The molecule has 3 aliphatic heterocycles. The molecule has 119 heavy (non-hydrogen) atoms. The molecule has 5 aromatic rings. The molecule has 0 unspecified atom stereocenters. The smallest absolute Gasteiger partial charge is 0.349 e. The van der Waals surface area contributed by atoms with E-state index in [1.54, 1.807) is 11.0 Å². The van der Waals surface area contributed by atoms with Crippen molar-refractivity contribution in [1.29, 1.82) is 0 Å². The molecule has 1 fully saturated rings. The zero-order valence-corrected chi connectivity index (χ0v) is 67.8. The molecule has 8 N–H and O–H groups in total. The Morgan fingerprint density at radius 2 is 0.664 bits per heavy atom. The summed E-state index contributed by atoms with van der Waals surface area (Å²) in [5, 5.41) is 22.9. The number of esters is 6. The normalized spacial score (nSPS) is 13.9. The number of nitrogens with one attached hydrogen (secondary N) is 8. The summed E-state index contributed by atoms with van der Waals surface area (Å²) in [6, 6.07) is 16.1.